The minimum absolute atomic E-state index is 0.0547. The zero-order valence-electron chi connectivity index (χ0n) is 10.6. The average molecular weight is 276 g/mol. The summed E-state index contributed by atoms with van der Waals surface area (Å²) >= 11 is 0. The Hall–Kier alpha value is -2.97. The lowest BCUT2D eigenvalue weighted by Crippen LogP contribution is -2.24. The lowest BCUT2D eigenvalue weighted by molar-refractivity contribution is -0.385. The van der Waals surface area contributed by atoms with Gasteiger partial charge in [-0.05, 0) is 0 Å². The first-order valence-corrected chi connectivity index (χ1v) is 5.70. The van der Waals surface area contributed by atoms with E-state index in [4.69, 9.17) is 0 Å². The topological polar surface area (TPSA) is 126 Å². The molecule has 0 aromatic carbocycles. The van der Waals surface area contributed by atoms with E-state index in [0.717, 1.165) is 6.20 Å². The number of carbonyl (C=O) groups excluding carboxylic acids is 1. The number of carbonyl (C=O) groups is 1. The van der Waals surface area contributed by atoms with Crippen LogP contribution in [0.2, 0.25) is 0 Å². The summed E-state index contributed by atoms with van der Waals surface area (Å²) in [6, 6.07) is 1.33. The Balaban J connectivity index is 2.20. The highest BCUT2D eigenvalue weighted by Crippen LogP contribution is 2.20. The van der Waals surface area contributed by atoms with Crippen molar-refractivity contribution in [2.45, 2.75) is 6.54 Å². The molecule has 0 aliphatic heterocycles. The van der Waals surface area contributed by atoms with Crippen molar-refractivity contribution in [3.05, 3.63) is 46.2 Å². The van der Waals surface area contributed by atoms with Gasteiger partial charge in [0.25, 0.3) is 11.6 Å². The average Bonchev–Trinajstić information content (AvgIpc) is 2.97. The third-order valence-electron chi connectivity index (χ3n) is 2.55. The number of hydrogen-bond acceptors (Lipinski definition) is 6. The van der Waals surface area contributed by atoms with E-state index in [-0.39, 0.29) is 17.8 Å². The molecule has 9 nitrogen and oxygen atoms in total. The molecular weight excluding hydrogens is 264 g/mol. The van der Waals surface area contributed by atoms with Crippen LogP contribution in [0, 0.1) is 10.1 Å². The maximum atomic E-state index is 12.0. The van der Waals surface area contributed by atoms with Crippen LogP contribution in [0.3, 0.4) is 0 Å². The van der Waals surface area contributed by atoms with Gasteiger partial charge in [-0.2, -0.15) is 0 Å². The van der Waals surface area contributed by atoms with E-state index in [1.54, 1.807) is 19.4 Å². The molecule has 1 amide bonds. The van der Waals surface area contributed by atoms with Crippen molar-refractivity contribution in [3.8, 4) is 0 Å². The quantitative estimate of drug-likeness (QED) is 0.544. The Bertz CT molecular complexity index is 625. The summed E-state index contributed by atoms with van der Waals surface area (Å²) < 4.78 is 0. The van der Waals surface area contributed by atoms with Gasteiger partial charge >= 0.3 is 0 Å². The van der Waals surface area contributed by atoms with Crippen LogP contribution in [0.5, 0.6) is 0 Å². The molecule has 0 spiro atoms. The summed E-state index contributed by atoms with van der Waals surface area (Å²) in [6.45, 7) is 0.153. The summed E-state index contributed by atoms with van der Waals surface area (Å²) in [6.07, 6.45) is 4.22. The molecule has 0 bridgehead atoms. The summed E-state index contributed by atoms with van der Waals surface area (Å²) in [5, 5.41) is 16.2. The van der Waals surface area contributed by atoms with E-state index in [0.29, 0.717) is 11.6 Å². The number of anilines is 1. The van der Waals surface area contributed by atoms with Crippen LogP contribution in [0.1, 0.15) is 16.2 Å². The van der Waals surface area contributed by atoms with E-state index in [1.165, 1.54) is 6.07 Å². The zero-order chi connectivity index (χ0) is 14.5. The number of pyridine rings is 1. The number of aromatic amines is 1. The van der Waals surface area contributed by atoms with Gasteiger partial charge in [0.2, 0.25) is 0 Å². The number of amides is 1. The first-order valence-electron chi connectivity index (χ1n) is 5.70. The van der Waals surface area contributed by atoms with Gasteiger partial charge in [0.15, 0.2) is 0 Å². The molecule has 9 heteroatoms. The van der Waals surface area contributed by atoms with Crippen LogP contribution in [0.4, 0.5) is 11.5 Å². The number of nitrogens with zero attached hydrogens (tertiary/aromatic N) is 3. The van der Waals surface area contributed by atoms with Crippen molar-refractivity contribution in [2.75, 3.05) is 12.4 Å². The summed E-state index contributed by atoms with van der Waals surface area (Å²) in [7, 11) is 1.61. The predicted octanol–water partition coefficient (Wildman–Crippen LogP) is 0.685. The third-order valence-corrected chi connectivity index (χ3v) is 2.55. The molecule has 0 unspecified atom stereocenters. The largest absolute Gasteiger partial charge is 0.373 e. The van der Waals surface area contributed by atoms with Crippen LogP contribution >= 0.6 is 0 Å². The van der Waals surface area contributed by atoms with Crippen LogP contribution in [0.25, 0.3) is 0 Å². The molecule has 0 saturated carbocycles. The Morgan fingerprint density at radius 1 is 1.50 bits per heavy atom. The van der Waals surface area contributed by atoms with Crippen LogP contribution in [0.15, 0.2) is 24.7 Å². The van der Waals surface area contributed by atoms with E-state index in [9.17, 15) is 14.9 Å². The van der Waals surface area contributed by atoms with E-state index < -0.39 is 10.8 Å². The second kappa shape index (κ2) is 5.78. The molecular formula is C11H12N6O3. The van der Waals surface area contributed by atoms with Crippen molar-refractivity contribution in [1.29, 1.82) is 0 Å². The van der Waals surface area contributed by atoms with Gasteiger partial charge in [0, 0.05) is 25.5 Å². The monoisotopic (exact) mass is 276 g/mol. The maximum absolute atomic E-state index is 12.0. The SMILES string of the molecule is CNc1cc(C(=O)NCc2ncc[nH]2)c([N+](=O)[O-])cn1. The maximum Gasteiger partial charge on any atom is 0.300 e. The van der Waals surface area contributed by atoms with Crippen molar-refractivity contribution in [3.63, 3.8) is 0 Å². The Labute approximate surface area is 113 Å². The number of H-pyrrole nitrogens is 1. The van der Waals surface area contributed by atoms with Crippen LogP contribution in [-0.4, -0.2) is 32.8 Å². The summed E-state index contributed by atoms with van der Waals surface area (Å²) in [5.74, 6) is 0.370. The third kappa shape index (κ3) is 2.88. The molecule has 3 N–H and O–H groups in total. The molecule has 0 saturated heterocycles. The minimum Gasteiger partial charge on any atom is -0.373 e. The molecule has 2 aromatic heterocycles. The van der Waals surface area contributed by atoms with Gasteiger partial charge in [-0.3, -0.25) is 14.9 Å². The lowest BCUT2D eigenvalue weighted by Gasteiger charge is -2.06. The van der Waals surface area contributed by atoms with Crippen LogP contribution < -0.4 is 10.6 Å². The van der Waals surface area contributed by atoms with E-state index >= 15 is 0 Å². The number of nitrogens with one attached hydrogen (secondary N) is 3. The van der Waals surface area contributed by atoms with E-state index in [1.807, 2.05) is 0 Å². The van der Waals surface area contributed by atoms with Gasteiger partial charge in [0.05, 0.1) is 11.5 Å². The van der Waals surface area contributed by atoms with Crippen molar-refractivity contribution < 1.29 is 9.72 Å². The Morgan fingerprint density at radius 3 is 2.90 bits per heavy atom. The fourth-order valence-electron chi connectivity index (χ4n) is 1.57. The second-order valence-electron chi connectivity index (χ2n) is 3.81. The van der Waals surface area contributed by atoms with Crippen molar-refractivity contribution in [1.82, 2.24) is 20.3 Å². The highest BCUT2D eigenvalue weighted by Gasteiger charge is 2.21. The molecule has 0 aliphatic carbocycles. The lowest BCUT2D eigenvalue weighted by atomic mass is 10.2. The molecule has 2 rings (SSSR count). The Morgan fingerprint density at radius 2 is 2.30 bits per heavy atom. The van der Waals surface area contributed by atoms with Crippen molar-refractivity contribution >= 4 is 17.4 Å². The fourth-order valence-corrected chi connectivity index (χ4v) is 1.57. The molecule has 0 fully saturated rings. The molecule has 20 heavy (non-hydrogen) atoms. The molecule has 0 aliphatic rings. The van der Waals surface area contributed by atoms with Gasteiger partial charge < -0.3 is 15.6 Å². The molecule has 2 aromatic rings. The molecule has 0 atom stereocenters. The summed E-state index contributed by atoms with van der Waals surface area (Å²) in [5.41, 5.74) is -0.401. The smallest absolute Gasteiger partial charge is 0.300 e. The van der Waals surface area contributed by atoms with Crippen LogP contribution in [-0.2, 0) is 6.54 Å². The zero-order valence-corrected chi connectivity index (χ0v) is 10.6. The number of imidazole rings is 1. The fraction of sp³-hybridized carbons (Fsp3) is 0.182. The van der Waals surface area contributed by atoms with Crippen molar-refractivity contribution in [2.24, 2.45) is 0 Å². The first kappa shape index (κ1) is 13.5. The Kier molecular flexibility index (Phi) is 3.89. The molecule has 104 valence electrons. The number of hydrogen-bond donors (Lipinski definition) is 3. The van der Waals surface area contributed by atoms with Gasteiger partial charge in [0.1, 0.15) is 23.4 Å². The van der Waals surface area contributed by atoms with Gasteiger partial charge in [-0.15, -0.1) is 0 Å². The standard InChI is InChI=1S/C11H12N6O3/c1-12-9-4-7(8(5-15-9)17(19)20)11(18)16-6-10-13-2-3-14-10/h2-5H,6H2,1H3,(H,12,15)(H,13,14)(H,16,18). The molecule has 2 heterocycles. The highest BCUT2D eigenvalue weighted by molar-refractivity contribution is 5.98. The van der Waals surface area contributed by atoms with E-state index in [2.05, 4.69) is 25.6 Å². The first-order chi connectivity index (χ1) is 9.61. The second-order valence-corrected chi connectivity index (χ2v) is 3.81. The minimum atomic E-state index is -0.645. The number of rotatable bonds is 5. The predicted molar refractivity (Wildman–Crippen MR) is 70.2 cm³/mol. The van der Waals surface area contributed by atoms with Gasteiger partial charge in [-0.1, -0.05) is 0 Å². The number of nitro groups is 1. The highest BCUT2D eigenvalue weighted by atomic mass is 16.6. The normalized spacial score (nSPS) is 10.1. The molecule has 0 radical (unpaired) electrons. The van der Waals surface area contributed by atoms with Gasteiger partial charge in [-0.25, -0.2) is 9.97 Å². The number of aromatic nitrogens is 3. The summed E-state index contributed by atoms with van der Waals surface area (Å²) in [4.78, 5) is 32.9.